The highest BCUT2D eigenvalue weighted by molar-refractivity contribution is 8.89. The first-order valence-electron chi connectivity index (χ1n) is 2.72. The van der Waals surface area contributed by atoms with Crippen LogP contribution in [0.3, 0.4) is 0 Å². The minimum absolute atomic E-state index is 0.171. The second kappa shape index (κ2) is 3.23. The normalized spacial score (nSPS) is 40.6. The van der Waals surface area contributed by atoms with Gasteiger partial charge in [0.05, 0.1) is 0 Å². The zero-order chi connectivity index (χ0) is 7.61. The molecule has 56 valence electrons. The summed E-state index contributed by atoms with van der Waals surface area (Å²) in [5, 5.41) is 0. The van der Waals surface area contributed by atoms with E-state index in [9.17, 15) is 4.57 Å². The summed E-state index contributed by atoms with van der Waals surface area (Å²) in [6.07, 6.45) is 5.14. The van der Waals surface area contributed by atoms with E-state index in [-0.39, 0.29) is 5.92 Å². The van der Waals surface area contributed by atoms with Crippen LogP contribution in [0.15, 0.2) is 0 Å². The van der Waals surface area contributed by atoms with Gasteiger partial charge in [-0.1, -0.05) is 22.8 Å². The van der Waals surface area contributed by atoms with Gasteiger partial charge in [-0.2, -0.15) is 0 Å². The maximum atomic E-state index is 10.9. The van der Waals surface area contributed by atoms with Crippen molar-refractivity contribution in [2.45, 2.75) is 0 Å². The van der Waals surface area contributed by atoms with Crippen LogP contribution < -0.4 is 0 Å². The minimum atomic E-state index is -2.90. The first-order chi connectivity index (χ1) is 4.64. The van der Waals surface area contributed by atoms with Gasteiger partial charge in [-0.25, -0.2) is 0 Å². The van der Waals surface area contributed by atoms with Crippen LogP contribution in [-0.2, 0) is 4.57 Å². The minimum Gasteiger partial charge on any atom is -0.329 e. The second-order valence-electron chi connectivity index (χ2n) is 1.92. The van der Waals surface area contributed by atoms with Gasteiger partial charge in [-0.05, 0) is 0 Å². The Hall–Kier alpha value is 0.450. The molecule has 0 radical (unpaired) electrons. The van der Waals surface area contributed by atoms with E-state index in [2.05, 4.69) is 5.92 Å². The van der Waals surface area contributed by atoms with Gasteiger partial charge in [0.2, 0.25) is 0 Å². The Morgan fingerprint density at radius 3 is 2.50 bits per heavy atom. The van der Waals surface area contributed by atoms with Crippen LogP contribution in [0.4, 0.5) is 0 Å². The summed E-state index contributed by atoms with van der Waals surface area (Å²) in [5.74, 6) is 1.08. The number of hydrogen-bond acceptors (Lipinski definition) is 3. The number of rotatable bonds is 0. The predicted octanol–water partition coefficient (Wildman–Crippen LogP) is 1.82. The molecule has 1 saturated heterocycles. The second-order valence-corrected chi connectivity index (χ2v) is 9.26. The first kappa shape index (κ1) is 8.55. The molecule has 1 fully saturated rings. The Morgan fingerprint density at radius 2 is 2.10 bits per heavy atom. The molecule has 0 aromatic carbocycles. The van der Waals surface area contributed by atoms with Gasteiger partial charge in [-0.15, -0.1) is 12.3 Å². The number of terminal acetylenes is 1. The summed E-state index contributed by atoms with van der Waals surface area (Å²) >= 11 is 2.17. The van der Waals surface area contributed by atoms with E-state index in [1.807, 2.05) is 0 Å². The molecule has 0 unspecified atom stereocenters. The van der Waals surface area contributed by atoms with Crippen molar-refractivity contribution in [3.05, 3.63) is 0 Å². The molecule has 2 nitrogen and oxygen atoms in total. The van der Waals surface area contributed by atoms with Crippen molar-refractivity contribution >= 4 is 28.5 Å². The molecule has 0 amide bonds. The van der Waals surface area contributed by atoms with Crippen LogP contribution >= 0.6 is 28.5 Å². The first-order valence-corrected chi connectivity index (χ1v) is 7.56. The zero-order valence-corrected chi connectivity index (χ0v) is 7.72. The topological polar surface area (TPSA) is 37.3 Å². The van der Waals surface area contributed by atoms with Gasteiger partial charge >= 0.3 is 5.77 Å². The summed E-state index contributed by atoms with van der Waals surface area (Å²) in [7, 11) is 0. The van der Waals surface area contributed by atoms with Crippen LogP contribution in [0.2, 0.25) is 0 Å². The Bertz CT molecular complexity index is 198. The quantitative estimate of drug-likeness (QED) is 0.471. The molecular weight excluding hydrogens is 187 g/mol. The van der Waals surface area contributed by atoms with E-state index >= 15 is 0 Å². The SMILES string of the molecule is C#CC1CSP(=O)(O)SC1. The maximum Gasteiger partial charge on any atom is 0.310 e. The van der Waals surface area contributed by atoms with Gasteiger partial charge in [0.1, 0.15) is 0 Å². The highest BCUT2D eigenvalue weighted by Crippen LogP contribution is 2.68. The summed E-state index contributed by atoms with van der Waals surface area (Å²) in [6, 6.07) is 0. The zero-order valence-electron chi connectivity index (χ0n) is 5.19. The van der Waals surface area contributed by atoms with Gasteiger partial charge < -0.3 is 4.89 Å². The molecular formula is C5H7O2PS2. The predicted molar refractivity (Wildman–Crippen MR) is 47.1 cm³/mol. The molecule has 1 rings (SSSR count). The van der Waals surface area contributed by atoms with Crippen molar-refractivity contribution in [3.63, 3.8) is 0 Å². The fourth-order valence-corrected chi connectivity index (χ4v) is 6.14. The van der Waals surface area contributed by atoms with Gasteiger partial charge in [0.25, 0.3) is 0 Å². The van der Waals surface area contributed by atoms with E-state index in [1.54, 1.807) is 0 Å². The van der Waals surface area contributed by atoms with Crippen LogP contribution in [-0.4, -0.2) is 16.4 Å². The third-order valence-corrected chi connectivity index (χ3v) is 7.62. The average Bonchev–Trinajstić information content (AvgIpc) is 1.88. The van der Waals surface area contributed by atoms with Crippen LogP contribution in [0.5, 0.6) is 0 Å². The molecule has 0 aliphatic carbocycles. The molecule has 0 aromatic heterocycles. The molecule has 10 heavy (non-hydrogen) atoms. The van der Waals surface area contributed by atoms with Gasteiger partial charge in [0, 0.05) is 17.4 Å². The largest absolute Gasteiger partial charge is 0.329 e. The molecule has 0 bridgehead atoms. The van der Waals surface area contributed by atoms with Crippen molar-refractivity contribution in [1.29, 1.82) is 0 Å². The number of hydrogen-bond donors (Lipinski definition) is 1. The summed E-state index contributed by atoms with van der Waals surface area (Å²) in [6.45, 7) is 0. The van der Waals surface area contributed by atoms with E-state index in [0.717, 1.165) is 22.8 Å². The lowest BCUT2D eigenvalue weighted by atomic mass is 10.2. The van der Waals surface area contributed by atoms with Gasteiger partial charge in [0.15, 0.2) is 0 Å². The highest BCUT2D eigenvalue weighted by atomic mass is 33.1. The molecule has 0 spiro atoms. The molecule has 1 N–H and O–H groups in total. The van der Waals surface area contributed by atoms with Crippen molar-refractivity contribution in [1.82, 2.24) is 0 Å². The van der Waals surface area contributed by atoms with E-state index in [1.165, 1.54) is 0 Å². The molecule has 1 heterocycles. The molecule has 0 aromatic rings. The summed E-state index contributed by atoms with van der Waals surface area (Å²) < 4.78 is 10.9. The lowest BCUT2D eigenvalue weighted by molar-refractivity contribution is 0.513. The van der Waals surface area contributed by atoms with Crippen LogP contribution in [0, 0.1) is 18.3 Å². The summed E-state index contributed by atoms with van der Waals surface area (Å²) in [5.41, 5.74) is 0. The average molecular weight is 194 g/mol. The van der Waals surface area contributed by atoms with E-state index < -0.39 is 5.77 Å². The lowest BCUT2D eigenvalue weighted by Crippen LogP contribution is -2.07. The van der Waals surface area contributed by atoms with Crippen LogP contribution in [0.1, 0.15) is 0 Å². The van der Waals surface area contributed by atoms with E-state index in [4.69, 9.17) is 11.3 Å². The Balaban J connectivity index is 2.48. The standard InChI is InChI=1S/C5H7O2PS2/c1-2-5-3-9-8(6,7)10-4-5/h1,5H,3-4H2,(H,6,7). The Morgan fingerprint density at radius 1 is 1.60 bits per heavy atom. The van der Waals surface area contributed by atoms with Crippen molar-refractivity contribution in [3.8, 4) is 12.3 Å². The molecule has 1 aliphatic rings. The fraction of sp³-hybridized carbons (Fsp3) is 0.600. The van der Waals surface area contributed by atoms with Crippen molar-refractivity contribution < 1.29 is 9.46 Å². The Kier molecular flexibility index (Phi) is 2.76. The maximum absolute atomic E-state index is 10.9. The van der Waals surface area contributed by atoms with Crippen LogP contribution in [0.25, 0.3) is 0 Å². The smallest absolute Gasteiger partial charge is 0.310 e. The van der Waals surface area contributed by atoms with Crippen molar-refractivity contribution in [2.75, 3.05) is 11.5 Å². The summed E-state index contributed by atoms with van der Waals surface area (Å²) in [4.78, 5) is 9.00. The Labute approximate surface area is 68.1 Å². The fourth-order valence-electron chi connectivity index (χ4n) is 0.550. The molecule has 0 saturated carbocycles. The molecule has 1 aliphatic heterocycles. The molecule has 0 atom stereocenters. The lowest BCUT2D eigenvalue weighted by Gasteiger charge is -2.19. The van der Waals surface area contributed by atoms with E-state index in [0.29, 0.717) is 11.5 Å². The van der Waals surface area contributed by atoms with Crippen molar-refractivity contribution in [2.24, 2.45) is 5.92 Å². The van der Waals surface area contributed by atoms with Gasteiger partial charge in [-0.3, -0.25) is 4.57 Å². The monoisotopic (exact) mass is 194 g/mol. The highest BCUT2D eigenvalue weighted by Gasteiger charge is 2.28. The third-order valence-electron chi connectivity index (χ3n) is 1.11. The molecule has 5 heteroatoms. The third kappa shape index (κ3) is 2.25.